The molecule has 1 aromatic carbocycles. The molecular weight excluding hydrogens is 320 g/mol. The van der Waals surface area contributed by atoms with Crippen molar-refractivity contribution in [1.29, 1.82) is 0 Å². The number of nitrogens with one attached hydrogen (secondary N) is 1. The second-order valence-electron chi connectivity index (χ2n) is 6.02. The Hall–Kier alpha value is -0.910. The van der Waals surface area contributed by atoms with Crippen molar-refractivity contribution in [1.82, 2.24) is 4.90 Å². The van der Waals surface area contributed by atoms with Crippen molar-refractivity contribution in [2.75, 3.05) is 18.9 Å². The van der Waals surface area contributed by atoms with E-state index in [0.717, 1.165) is 17.7 Å². The zero-order valence-electron chi connectivity index (χ0n) is 13.2. The van der Waals surface area contributed by atoms with Gasteiger partial charge in [-0.15, -0.1) is 11.8 Å². The summed E-state index contributed by atoms with van der Waals surface area (Å²) in [5.74, 6) is 0.355. The molecule has 2 amide bonds. The first kappa shape index (κ1) is 17.4. The second-order valence-corrected chi connectivity index (χ2v) is 8.08. The van der Waals surface area contributed by atoms with Crippen LogP contribution in [0.2, 0.25) is 5.02 Å². The summed E-state index contributed by atoms with van der Waals surface area (Å²) in [6.45, 7) is 4.55. The zero-order valence-corrected chi connectivity index (χ0v) is 14.7. The molecule has 1 aliphatic rings. The molecule has 122 valence electrons. The number of carbonyl (C=O) groups is 1. The van der Waals surface area contributed by atoms with Gasteiger partial charge in [-0.05, 0) is 37.0 Å². The van der Waals surface area contributed by atoms with Crippen LogP contribution in [0.5, 0.6) is 0 Å². The van der Waals surface area contributed by atoms with E-state index in [9.17, 15) is 9.90 Å². The predicted molar refractivity (Wildman–Crippen MR) is 92.8 cm³/mol. The van der Waals surface area contributed by atoms with Crippen molar-refractivity contribution in [3.8, 4) is 0 Å². The van der Waals surface area contributed by atoms with Crippen LogP contribution >= 0.6 is 23.4 Å². The summed E-state index contributed by atoms with van der Waals surface area (Å²) in [7, 11) is 1.70. The minimum absolute atomic E-state index is 0.229. The third-order valence-corrected chi connectivity index (χ3v) is 4.84. The van der Waals surface area contributed by atoms with Crippen molar-refractivity contribution < 1.29 is 9.90 Å². The molecule has 1 atom stereocenters. The molecule has 0 heterocycles. The number of hydrogen-bond acceptors (Lipinski definition) is 3. The van der Waals surface area contributed by atoms with Crippen molar-refractivity contribution in [2.45, 2.75) is 42.9 Å². The third kappa shape index (κ3) is 5.07. The van der Waals surface area contributed by atoms with Gasteiger partial charge in [0.15, 0.2) is 0 Å². The summed E-state index contributed by atoms with van der Waals surface area (Å²) in [4.78, 5) is 14.8. The van der Waals surface area contributed by atoms with Gasteiger partial charge in [-0.1, -0.05) is 25.4 Å². The molecule has 1 unspecified atom stereocenters. The van der Waals surface area contributed by atoms with Crippen LogP contribution in [-0.2, 0) is 0 Å². The van der Waals surface area contributed by atoms with Crippen molar-refractivity contribution in [2.24, 2.45) is 5.92 Å². The smallest absolute Gasteiger partial charge is 0.321 e. The third-order valence-electron chi connectivity index (χ3n) is 3.52. The van der Waals surface area contributed by atoms with Crippen LogP contribution in [-0.4, -0.2) is 41.0 Å². The molecule has 1 saturated carbocycles. The topological polar surface area (TPSA) is 52.6 Å². The lowest BCUT2D eigenvalue weighted by molar-refractivity contribution is 0.117. The van der Waals surface area contributed by atoms with Gasteiger partial charge >= 0.3 is 6.03 Å². The van der Waals surface area contributed by atoms with Crippen LogP contribution in [0.1, 0.15) is 26.7 Å². The van der Waals surface area contributed by atoms with Crippen LogP contribution in [0.3, 0.4) is 0 Å². The summed E-state index contributed by atoms with van der Waals surface area (Å²) < 4.78 is 0. The molecule has 0 saturated heterocycles. The summed E-state index contributed by atoms with van der Waals surface area (Å²) in [5, 5.41) is 13.8. The van der Waals surface area contributed by atoms with Crippen molar-refractivity contribution >= 4 is 35.1 Å². The maximum Gasteiger partial charge on any atom is 0.321 e. The molecule has 6 heteroatoms. The van der Waals surface area contributed by atoms with Crippen LogP contribution in [0, 0.1) is 5.92 Å². The molecule has 0 aliphatic heterocycles. The van der Waals surface area contributed by atoms with Gasteiger partial charge in [0.2, 0.25) is 0 Å². The number of nitrogens with zero attached hydrogens (tertiary/aromatic N) is 1. The van der Waals surface area contributed by atoms with E-state index in [1.54, 1.807) is 24.9 Å². The standard InChI is InChI=1S/C16H23ClN2O2S/c1-10(2)22-15-7-6-12(17)8-13(15)18-16(21)19(3)9-14(20)11-4-5-11/h6-8,10-11,14,20H,4-5,9H2,1-3H3,(H,18,21). The highest BCUT2D eigenvalue weighted by molar-refractivity contribution is 8.00. The molecule has 1 fully saturated rings. The molecule has 0 bridgehead atoms. The molecule has 1 aliphatic carbocycles. The number of likely N-dealkylation sites (N-methyl/N-ethyl adjacent to an activating group) is 1. The molecule has 4 nitrogen and oxygen atoms in total. The van der Waals surface area contributed by atoms with Crippen LogP contribution < -0.4 is 5.32 Å². The average Bonchev–Trinajstić information content (AvgIpc) is 3.25. The van der Waals surface area contributed by atoms with E-state index in [0.29, 0.717) is 28.4 Å². The highest BCUT2D eigenvalue weighted by atomic mass is 35.5. The molecule has 0 radical (unpaired) electrons. The predicted octanol–water partition coefficient (Wildman–Crippen LogP) is 4.08. The number of halogens is 1. The van der Waals surface area contributed by atoms with Gasteiger partial charge in [0.25, 0.3) is 0 Å². The normalized spacial score (nSPS) is 15.7. The average molecular weight is 343 g/mol. The highest BCUT2D eigenvalue weighted by Crippen LogP contribution is 2.34. The molecule has 0 spiro atoms. The Morgan fingerprint density at radius 2 is 2.18 bits per heavy atom. The van der Waals surface area contributed by atoms with E-state index in [1.165, 1.54) is 4.90 Å². The zero-order chi connectivity index (χ0) is 16.3. The highest BCUT2D eigenvalue weighted by Gasteiger charge is 2.31. The SMILES string of the molecule is CC(C)Sc1ccc(Cl)cc1NC(=O)N(C)CC(O)C1CC1. The number of carbonyl (C=O) groups excluding carboxylic acids is 1. The molecular formula is C16H23ClN2O2S. The summed E-state index contributed by atoms with van der Waals surface area (Å²) in [6.07, 6.45) is 1.68. The first-order chi connectivity index (χ1) is 10.4. The molecule has 1 aromatic rings. The molecule has 2 N–H and O–H groups in total. The first-order valence-corrected chi connectivity index (χ1v) is 8.79. The van der Waals surface area contributed by atoms with E-state index >= 15 is 0 Å². The maximum atomic E-state index is 12.3. The Morgan fingerprint density at radius 1 is 1.50 bits per heavy atom. The van der Waals surface area contributed by atoms with Gasteiger partial charge in [-0.2, -0.15) is 0 Å². The fraction of sp³-hybridized carbons (Fsp3) is 0.562. The van der Waals surface area contributed by atoms with Gasteiger partial charge in [-0.3, -0.25) is 0 Å². The van der Waals surface area contributed by atoms with Gasteiger partial charge < -0.3 is 15.3 Å². The first-order valence-electron chi connectivity index (χ1n) is 7.53. The minimum Gasteiger partial charge on any atom is -0.391 e. The number of aliphatic hydroxyl groups is 1. The monoisotopic (exact) mass is 342 g/mol. The number of rotatable bonds is 6. The van der Waals surface area contributed by atoms with Crippen molar-refractivity contribution in [3.05, 3.63) is 23.2 Å². The number of aliphatic hydroxyl groups excluding tert-OH is 1. The Kier molecular flexibility index (Phi) is 6.01. The number of urea groups is 1. The van der Waals surface area contributed by atoms with E-state index in [-0.39, 0.29) is 6.03 Å². The van der Waals surface area contributed by atoms with E-state index in [2.05, 4.69) is 19.2 Å². The minimum atomic E-state index is -0.431. The number of amides is 2. The molecule has 22 heavy (non-hydrogen) atoms. The van der Waals surface area contributed by atoms with Crippen LogP contribution in [0.4, 0.5) is 10.5 Å². The largest absolute Gasteiger partial charge is 0.391 e. The second kappa shape index (κ2) is 7.57. The summed E-state index contributed by atoms with van der Waals surface area (Å²) in [5.41, 5.74) is 0.712. The Bertz CT molecular complexity index is 535. The van der Waals surface area contributed by atoms with Crippen LogP contribution in [0.25, 0.3) is 0 Å². The molecule has 0 aromatic heterocycles. The van der Waals surface area contributed by atoms with Crippen LogP contribution in [0.15, 0.2) is 23.1 Å². The van der Waals surface area contributed by atoms with Gasteiger partial charge in [-0.25, -0.2) is 4.79 Å². The number of hydrogen-bond donors (Lipinski definition) is 2. The summed E-state index contributed by atoms with van der Waals surface area (Å²) in [6, 6.07) is 5.27. The van der Waals surface area contributed by atoms with E-state index in [4.69, 9.17) is 11.6 Å². The Balaban J connectivity index is 2.01. The van der Waals surface area contributed by atoms with Gasteiger partial charge in [0.05, 0.1) is 11.8 Å². The maximum absolute atomic E-state index is 12.3. The number of anilines is 1. The number of thioether (sulfide) groups is 1. The lowest BCUT2D eigenvalue weighted by Gasteiger charge is -2.22. The lowest BCUT2D eigenvalue weighted by atomic mass is 10.2. The molecule has 2 rings (SSSR count). The Labute approximate surface area is 141 Å². The quantitative estimate of drug-likeness (QED) is 0.766. The summed E-state index contributed by atoms with van der Waals surface area (Å²) >= 11 is 7.71. The number of benzene rings is 1. The lowest BCUT2D eigenvalue weighted by Crippen LogP contribution is -2.38. The van der Waals surface area contributed by atoms with E-state index in [1.807, 2.05) is 12.1 Å². The van der Waals surface area contributed by atoms with E-state index < -0.39 is 6.10 Å². The van der Waals surface area contributed by atoms with Gasteiger partial charge in [0.1, 0.15) is 0 Å². The fourth-order valence-corrected chi connectivity index (χ4v) is 3.22. The van der Waals surface area contributed by atoms with Crippen molar-refractivity contribution in [3.63, 3.8) is 0 Å². The van der Waals surface area contributed by atoms with Gasteiger partial charge in [0, 0.05) is 28.8 Å². The fourth-order valence-electron chi connectivity index (χ4n) is 2.16. The Morgan fingerprint density at radius 3 is 2.77 bits per heavy atom.